The van der Waals surface area contributed by atoms with Crippen LogP contribution in [-0.2, 0) is 6.61 Å². The third-order valence-corrected chi connectivity index (χ3v) is 5.50. The average molecular weight is 352 g/mol. The lowest BCUT2D eigenvalue weighted by Crippen LogP contribution is -1.84. The number of fused-ring (bicyclic) bond motifs is 1. The smallest absolute Gasteiger partial charge is 0.155 e. The van der Waals surface area contributed by atoms with Gasteiger partial charge < -0.3 is 5.11 Å². The van der Waals surface area contributed by atoms with Gasteiger partial charge in [0.15, 0.2) is 4.34 Å². The summed E-state index contributed by atoms with van der Waals surface area (Å²) in [5.41, 5.74) is 1.94. The Morgan fingerprint density at radius 1 is 1.21 bits per heavy atom. The minimum Gasteiger partial charge on any atom is -0.392 e. The minimum atomic E-state index is 0.0483. The Hall–Kier alpha value is -0.880. The molecule has 0 aliphatic heterocycles. The van der Waals surface area contributed by atoms with Gasteiger partial charge in [0, 0.05) is 9.37 Å². The molecular weight excluding hydrogens is 342 g/mol. The van der Waals surface area contributed by atoms with Crippen molar-refractivity contribution in [2.45, 2.75) is 15.8 Å². The molecule has 0 unspecified atom stereocenters. The molecule has 3 aromatic rings. The van der Waals surface area contributed by atoms with Gasteiger partial charge in [0.25, 0.3) is 0 Å². The van der Waals surface area contributed by atoms with E-state index in [1.165, 1.54) is 4.70 Å². The molecule has 0 atom stereocenters. The van der Waals surface area contributed by atoms with Crippen molar-refractivity contribution in [2.75, 3.05) is 0 Å². The Kier molecular flexibility index (Phi) is 3.88. The zero-order valence-electron chi connectivity index (χ0n) is 9.84. The Morgan fingerprint density at radius 2 is 2.05 bits per heavy atom. The molecule has 0 aliphatic rings. The molecule has 96 valence electrons. The summed E-state index contributed by atoms with van der Waals surface area (Å²) < 4.78 is 3.17. The molecule has 0 saturated carbocycles. The Labute approximate surface area is 127 Å². The van der Waals surface area contributed by atoms with Crippen molar-refractivity contribution in [3.8, 4) is 0 Å². The number of aliphatic hydroxyl groups is 1. The lowest BCUT2D eigenvalue weighted by Gasteiger charge is -2.03. The number of hydrogen-bond donors (Lipinski definition) is 1. The number of aromatic nitrogens is 1. The van der Waals surface area contributed by atoms with Crippen LogP contribution in [0.15, 0.2) is 56.2 Å². The molecule has 0 fully saturated rings. The standard InChI is InChI=1S/C14H10BrNOS2/c15-11-7-10(6-5-9(11)8-17)18-14-16-12-3-1-2-4-13(12)19-14/h1-7,17H,8H2. The molecule has 3 rings (SSSR count). The number of nitrogens with zero attached hydrogens (tertiary/aromatic N) is 1. The largest absolute Gasteiger partial charge is 0.392 e. The number of halogens is 1. The fourth-order valence-corrected chi connectivity index (χ4v) is 4.45. The maximum Gasteiger partial charge on any atom is 0.155 e. The van der Waals surface area contributed by atoms with E-state index in [2.05, 4.69) is 27.0 Å². The molecule has 19 heavy (non-hydrogen) atoms. The molecule has 1 N–H and O–H groups in total. The van der Waals surface area contributed by atoms with Gasteiger partial charge in [0.05, 0.1) is 16.8 Å². The first-order valence-corrected chi connectivity index (χ1v) is 8.11. The van der Waals surface area contributed by atoms with E-state index in [1.807, 2.05) is 36.4 Å². The number of thiazole rings is 1. The summed E-state index contributed by atoms with van der Waals surface area (Å²) in [6.07, 6.45) is 0. The fraction of sp³-hybridized carbons (Fsp3) is 0.0714. The van der Waals surface area contributed by atoms with Crippen LogP contribution >= 0.6 is 39.0 Å². The number of rotatable bonds is 3. The summed E-state index contributed by atoms with van der Waals surface area (Å²) in [5.74, 6) is 0. The van der Waals surface area contributed by atoms with Crippen molar-refractivity contribution in [3.63, 3.8) is 0 Å². The zero-order chi connectivity index (χ0) is 13.2. The minimum absolute atomic E-state index is 0.0483. The van der Waals surface area contributed by atoms with Gasteiger partial charge in [-0.1, -0.05) is 45.9 Å². The van der Waals surface area contributed by atoms with Gasteiger partial charge in [0.2, 0.25) is 0 Å². The molecule has 1 heterocycles. The van der Waals surface area contributed by atoms with Crippen LogP contribution in [0.5, 0.6) is 0 Å². The van der Waals surface area contributed by atoms with Crippen molar-refractivity contribution >= 4 is 49.2 Å². The Morgan fingerprint density at radius 3 is 2.79 bits per heavy atom. The molecule has 2 nitrogen and oxygen atoms in total. The molecule has 0 radical (unpaired) electrons. The van der Waals surface area contributed by atoms with Crippen LogP contribution in [-0.4, -0.2) is 10.1 Å². The first-order valence-electron chi connectivity index (χ1n) is 5.69. The van der Waals surface area contributed by atoms with E-state index in [-0.39, 0.29) is 6.61 Å². The van der Waals surface area contributed by atoms with Crippen LogP contribution < -0.4 is 0 Å². The van der Waals surface area contributed by atoms with Crippen LogP contribution in [0.4, 0.5) is 0 Å². The quantitative estimate of drug-likeness (QED) is 0.742. The number of benzene rings is 2. The van der Waals surface area contributed by atoms with Gasteiger partial charge in [-0.25, -0.2) is 4.98 Å². The maximum absolute atomic E-state index is 9.15. The van der Waals surface area contributed by atoms with E-state index >= 15 is 0 Å². The van der Waals surface area contributed by atoms with E-state index in [0.717, 1.165) is 24.8 Å². The molecule has 2 aromatic carbocycles. The summed E-state index contributed by atoms with van der Waals surface area (Å²) in [6.45, 7) is 0.0483. The highest BCUT2D eigenvalue weighted by molar-refractivity contribution is 9.10. The van der Waals surface area contributed by atoms with Gasteiger partial charge in [-0.05, 0) is 29.8 Å². The third kappa shape index (κ3) is 2.84. The van der Waals surface area contributed by atoms with Crippen molar-refractivity contribution < 1.29 is 5.11 Å². The van der Waals surface area contributed by atoms with E-state index in [4.69, 9.17) is 5.11 Å². The molecule has 0 amide bonds. The summed E-state index contributed by atoms with van der Waals surface area (Å²) in [5, 5.41) is 9.15. The number of hydrogen-bond acceptors (Lipinski definition) is 4. The molecule has 0 saturated heterocycles. The van der Waals surface area contributed by atoms with Gasteiger partial charge >= 0.3 is 0 Å². The van der Waals surface area contributed by atoms with Crippen LogP contribution in [0.1, 0.15) is 5.56 Å². The van der Waals surface area contributed by atoms with Crippen molar-refractivity contribution in [1.82, 2.24) is 4.98 Å². The lowest BCUT2D eigenvalue weighted by molar-refractivity contribution is 0.281. The van der Waals surface area contributed by atoms with Crippen LogP contribution in [0.2, 0.25) is 0 Å². The highest BCUT2D eigenvalue weighted by Crippen LogP contribution is 2.35. The van der Waals surface area contributed by atoms with Crippen molar-refractivity contribution in [3.05, 3.63) is 52.5 Å². The Bertz CT molecular complexity index is 693. The average Bonchev–Trinajstić information content (AvgIpc) is 2.81. The topological polar surface area (TPSA) is 33.1 Å². The Balaban J connectivity index is 1.90. The summed E-state index contributed by atoms with van der Waals surface area (Å²) >= 11 is 6.80. The SMILES string of the molecule is OCc1ccc(Sc2nc3ccccc3s2)cc1Br. The van der Waals surface area contributed by atoms with Crippen molar-refractivity contribution in [1.29, 1.82) is 0 Å². The van der Waals surface area contributed by atoms with Gasteiger partial charge in [-0.2, -0.15) is 0 Å². The summed E-state index contributed by atoms with van der Waals surface area (Å²) in [7, 11) is 0. The second-order valence-corrected chi connectivity index (χ2v) is 7.17. The van der Waals surface area contributed by atoms with Crippen LogP contribution in [0.3, 0.4) is 0 Å². The predicted octanol–water partition coefficient (Wildman–Crippen LogP) is 4.70. The van der Waals surface area contributed by atoms with E-state index < -0.39 is 0 Å². The highest BCUT2D eigenvalue weighted by atomic mass is 79.9. The number of para-hydroxylation sites is 1. The van der Waals surface area contributed by atoms with E-state index in [0.29, 0.717) is 0 Å². The van der Waals surface area contributed by atoms with E-state index in [9.17, 15) is 0 Å². The third-order valence-electron chi connectivity index (χ3n) is 2.67. The summed E-state index contributed by atoms with van der Waals surface area (Å²) in [6, 6.07) is 14.1. The maximum atomic E-state index is 9.15. The van der Waals surface area contributed by atoms with E-state index in [1.54, 1.807) is 23.1 Å². The normalized spacial score (nSPS) is 11.1. The van der Waals surface area contributed by atoms with Gasteiger partial charge in [-0.15, -0.1) is 11.3 Å². The molecule has 5 heteroatoms. The molecule has 0 bridgehead atoms. The molecular formula is C14H10BrNOS2. The summed E-state index contributed by atoms with van der Waals surface area (Å²) in [4.78, 5) is 5.71. The lowest BCUT2D eigenvalue weighted by atomic mass is 10.2. The van der Waals surface area contributed by atoms with Crippen LogP contribution in [0, 0.1) is 0 Å². The second kappa shape index (κ2) is 5.63. The van der Waals surface area contributed by atoms with Crippen molar-refractivity contribution in [2.24, 2.45) is 0 Å². The fourth-order valence-electron chi connectivity index (χ4n) is 1.72. The molecule has 0 spiro atoms. The monoisotopic (exact) mass is 351 g/mol. The molecule has 0 aliphatic carbocycles. The van der Waals surface area contributed by atoms with Gasteiger partial charge in [0.1, 0.15) is 0 Å². The highest BCUT2D eigenvalue weighted by Gasteiger charge is 2.07. The second-order valence-electron chi connectivity index (χ2n) is 3.96. The van der Waals surface area contributed by atoms with Gasteiger partial charge in [-0.3, -0.25) is 0 Å². The zero-order valence-corrected chi connectivity index (χ0v) is 13.1. The first kappa shape index (κ1) is 13.1. The molecule has 1 aromatic heterocycles. The van der Waals surface area contributed by atoms with Crippen LogP contribution in [0.25, 0.3) is 10.2 Å². The number of aliphatic hydroxyl groups excluding tert-OH is 1. The first-order chi connectivity index (χ1) is 9.26. The predicted molar refractivity (Wildman–Crippen MR) is 83.8 cm³/mol.